The summed E-state index contributed by atoms with van der Waals surface area (Å²) in [7, 11) is -3.80. The molecular weight excluding hydrogens is 816 g/mol. The highest BCUT2D eigenvalue weighted by molar-refractivity contribution is 7.53. The lowest BCUT2D eigenvalue weighted by Crippen LogP contribution is -2.66. The number of amides is 4. The monoisotopic (exact) mass is 866 g/mol. The van der Waals surface area contributed by atoms with Gasteiger partial charge in [0.2, 0.25) is 11.8 Å². The number of aliphatic hydroxyl groups is 1. The molecule has 0 radical (unpaired) electrons. The van der Waals surface area contributed by atoms with E-state index in [-0.39, 0.29) is 32.1 Å². The Hall–Kier alpha value is -6.56. The molecule has 1 saturated heterocycles. The molecule has 6 aromatic rings. The molecule has 1 heterocycles. The average Bonchev–Trinajstić information content (AvgIpc) is 3.31. The van der Waals surface area contributed by atoms with Gasteiger partial charge in [-0.15, -0.1) is 0 Å². The largest absolute Gasteiger partial charge is 0.481 e. The fourth-order valence-corrected chi connectivity index (χ4v) is 9.08. The summed E-state index contributed by atoms with van der Waals surface area (Å²) in [5.41, 5.74) is 16.8. The number of carbonyl (C=O) groups is 3. The van der Waals surface area contributed by atoms with Crippen LogP contribution >= 0.6 is 7.60 Å². The maximum atomic E-state index is 14.3. The third-order valence-corrected chi connectivity index (χ3v) is 12.7. The molecule has 324 valence electrons. The van der Waals surface area contributed by atoms with E-state index in [9.17, 15) is 24.1 Å². The van der Waals surface area contributed by atoms with Crippen LogP contribution in [0.4, 0.5) is 4.79 Å². The number of nitrogens with zero attached hydrogens (tertiary/aromatic N) is 1. The van der Waals surface area contributed by atoms with Crippen LogP contribution < -0.4 is 21.5 Å². The predicted molar refractivity (Wildman–Crippen MR) is 241 cm³/mol. The Morgan fingerprint density at radius 1 is 0.667 bits per heavy atom. The van der Waals surface area contributed by atoms with Crippen molar-refractivity contribution in [2.24, 2.45) is 11.5 Å². The molecule has 0 aliphatic carbocycles. The molecule has 6 aromatic carbocycles. The zero-order valence-corrected chi connectivity index (χ0v) is 35.6. The number of aryl methyl sites for hydroxylation is 1. The zero-order chi connectivity index (χ0) is 44.2. The average molecular weight is 867 g/mol. The summed E-state index contributed by atoms with van der Waals surface area (Å²) in [6.45, 7) is 0.169. The highest BCUT2D eigenvalue weighted by Gasteiger charge is 2.45. The van der Waals surface area contributed by atoms with Gasteiger partial charge in [0.25, 0.3) is 0 Å². The normalized spacial score (nSPS) is 16.8. The molecule has 6 N–H and O–H groups in total. The molecule has 63 heavy (non-hydrogen) atoms. The maximum Gasteiger partial charge on any atom is 0.368 e. The second-order valence-electron chi connectivity index (χ2n) is 15.6. The van der Waals surface area contributed by atoms with Crippen molar-refractivity contribution >= 4 is 25.4 Å². The summed E-state index contributed by atoms with van der Waals surface area (Å²) < 4.78 is 32.2. The van der Waals surface area contributed by atoms with Gasteiger partial charge in [0.15, 0.2) is 6.35 Å². The highest BCUT2D eigenvalue weighted by atomic mass is 31.2. The van der Waals surface area contributed by atoms with E-state index < -0.39 is 43.5 Å². The number of rotatable bonds is 20. The fourth-order valence-electron chi connectivity index (χ4n) is 7.86. The van der Waals surface area contributed by atoms with Crippen LogP contribution in [0.2, 0.25) is 0 Å². The quantitative estimate of drug-likeness (QED) is 0.0555. The van der Waals surface area contributed by atoms with Crippen LogP contribution in [0.15, 0.2) is 164 Å². The molecule has 0 saturated carbocycles. The molecule has 0 spiro atoms. The van der Waals surface area contributed by atoms with Crippen LogP contribution in [0.5, 0.6) is 5.75 Å². The van der Waals surface area contributed by atoms with E-state index in [0.29, 0.717) is 41.7 Å². The maximum absolute atomic E-state index is 14.3. The van der Waals surface area contributed by atoms with Crippen molar-refractivity contribution < 1.29 is 37.8 Å². The minimum absolute atomic E-state index is 0.0559. The van der Waals surface area contributed by atoms with E-state index in [1.807, 2.05) is 109 Å². The number of nitrogens with one attached hydrogen (secondary N) is 1. The van der Waals surface area contributed by atoms with Gasteiger partial charge in [0, 0.05) is 23.6 Å². The van der Waals surface area contributed by atoms with E-state index in [1.165, 1.54) is 0 Å². The van der Waals surface area contributed by atoms with Gasteiger partial charge < -0.3 is 40.6 Å². The van der Waals surface area contributed by atoms with E-state index in [1.54, 1.807) is 59.5 Å². The van der Waals surface area contributed by atoms with Gasteiger partial charge in [0.1, 0.15) is 5.75 Å². The van der Waals surface area contributed by atoms with Crippen molar-refractivity contribution in [1.82, 2.24) is 10.2 Å². The van der Waals surface area contributed by atoms with Gasteiger partial charge in [0.05, 0.1) is 31.4 Å². The molecule has 12 nitrogen and oxygen atoms in total. The molecule has 13 heteroatoms. The van der Waals surface area contributed by atoms with Crippen molar-refractivity contribution in [1.29, 1.82) is 0 Å². The van der Waals surface area contributed by atoms with Crippen molar-refractivity contribution in [2.45, 2.75) is 63.1 Å². The Bertz CT molecular complexity index is 2460. The lowest BCUT2D eigenvalue weighted by Gasteiger charge is -2.47. The van der Waals surface area contributed by atoms with Crippen LogP contribution in [0.3, 0.4) is 0 Å². The SMILES string of the molecule is NC(=O)c1cccc(CC(c2ccc(OCP(=O)(OCc3ccccc3)OCc3ccccc3)cc2)C2C(O)C(CCc3ccccc3)NC(=O)N2Cc2cccc(C(N)=O)c2)c1. The smallest absolute Gasteiger partial charge is 0.368 e. The Kier molecular flexibility index (Phi) is 14.8. The third-order valence-electron chi connectivity index (χ3n) is 11.2. The summed E-state index contributed by atoms with van der Waals surface area (Å²) >= 11 is 0. The summed E-state index contributed by atoms with van der Waals surface area (Å²) in [4.78, 5) is 40.4. The van der Waals surface area contributed by atoms with E-state index in [4.69, 9.17) is 25.3 Å². The first-order valence-corrected chi connectivity index (χ1v) is 22.5. The topological polar surface area (TPSA) is 184 Å². The lowest BCUT2D eigenvalue weighted by molar-refractivity contribution is -0.00184. The van der Waals surface area contributed by atoms with E-state index in [2.05, 4.69) is 5.32 Å². The van der Waals surface area contributed by atoms with E-state index in [0.717, 1.165) is 27.8 Å². The van der Waals surface area contributed by atoms with Crippen molar-refractivity contribution in [3.63, 3.8) is 0 Å². The Morgan fingerprint density at radius 2 is 1.17 bits per heavy atom. The molecule has 7 rings (SSSR count). The van der Waals surface area contributed by atoms with Gasteiger partial charge in [-0.3, -0.25) is 14.2 Å². The van der Waals surface area contributed by atoms with Crippen molar-refractivity contribution in [2.75, 3.05) is 6.35 Å². The Morgan fingerprint density at radius 3 is 1.73 bits per heavy atom. The molecule has 4 atom stereocenters. The Labute approximate surface area is 367 Å². The number of carbonyl (C=O) groups excluding carboxylic acids is 3. The minimum Gasteiger partial charge on any atom is -0.481 e. The number of urea groups is 1. The van der Waals surface area contributed by atoms with Gasteiger partial charge in [-0.1, -0.05) is 127 Å². The summed E-state index contributed by atoms with van der Waals surface area (Å²) in [6, 6.07) is 47.7. The first-order valence-electron chi connectivity index (χ1n) is 20.8. The molecule has 0 bridgehead atoms. The van der Waals surface area contributed by atoms with Crippen LogP contribution in [-0.2, 0) is 46.2 Å². The molecule has 4 amide bonds. The van der Waals surface area contributed by atoms with Crippen molar-refractivity contribution in [3.8, 4) is 5.75 Å². The summed E-state index contributed by atoms with van der Waals surface area (Å²) in [6.07, 6.45) is -0.0523. The number of nitrogens with two attached hydrogens (primary N) is 2. The molecule has 0 aromatic heterocycles. The van der Waals surface area contributed by atoms with E-state index >= 15 is 0 Å². The minimum atomic E-state index is -3.80. The van der Waals surface area contributed by atoms with Crippen LogP contribution in [0.1, 0.15) is 66.4 Å². The molecule has 1 fully saturated rings. The number of aliphatic hydroxyl groups excluding tert-OH is 1. The van der Waals surface area contributed by atoms with Gasteiger partial charge >= 0.3 is 13.6 Å². The Balaban J connectivity index is 1.20. The summed E-state index contributed by atoms with van der Waals surface area (Å²) in [5.74, 6) is -1.34. The standard InChI is InChI=1S/C50H51N4O8P/c51-48(56)41-20-10-18-38(28-41)30-44(40-23-25-43(26-24-40)60-34-63(59,61-32-36-14-6-2-7-15-36)62-33-37-16-8-3-9-17-37)46-47(55)45(27-22-35-12-4-1-5-13-35)53-50(58)54(46)31-39-19-11-21-42(29-39)49(52)57/h1-21,23-26,28-29,44-47,55H,22,27,30-34H2,(H2,51,56)(H2,52,57)(H,53,58). The van der Waals surface area contributed by atoms with Crippen molar-refractivity contribution in [3.05, 3.63) is 208 Å². The molecule has 4 unspecified atom stereocenters. The first kappa shape index (κ1) is 44.5. The number of hydrogen-bond donors (Lipinski definition) is 4. The molecule has 1 aliphatic heterocycles. The van der Waals surface area contributed by atoms with Crippen LogP contribution in [0, 0.1) is 0 Å². The summed E-state index contributed by atoms with van der Waals surface area (Å²) in [5, 5.41) is 15.5. The van der Waals surface area contributed by atoms with Gasteiger partial charge in [-0.05, 0) is 89.0 Å². The number of ether oxygens (including phenoxy) is 1. The lowest BCUT2D eigenvalue weighted by atomic mass is 9.78. The zero-order valence-electron chi connectivity index (χ0n) is 34.7. The molecular formula is C50H51N4O8P. The fraction of sp³-hybridized carbons (Fsp3) is 0.220. The van der Waals surface area contributed by atoms with Gasteiger partial charge in [-0.2, -0.15) is 0 Å². The van der Waals surface area contributed by atoms with Crippen LogP contribution in [0.25, 0.3) is 0 Å². The second-order valence-corrected chi connectivity index (χ2v) is 17.6. The number of hydrogen-bond acceptors (Lipinski definition) is 8. The number of benzene rings is 6. The predicted octanol–water partition coefficient (Wildman–Crippen LogP) is 8.13. The molecule has 1 aliphatic rings. The second kappa shape index (κ2) is 21.0. The highest BCUT2D eigenvalue weighted by Crippen LogP contribution is 2.50. The van der Waals surface area contributed by atoms with Gasteiger partial charge in [-0.25, -0.2) is 4.79 Å². The number of primary amides is 2. The first-order chi connectivity index (χ1) is 30.5. The van der Waals surface area contributed by atoms with Crippen LogP contribution in [-0.4, -0.2) is 52.4 Å². The third kappa shape index (κ3) is 12.1.